The molecule has 1 fully saturated rings. The average Bonchev–Trinajstić information content (AvgIpc) is 2.70. The molecule has 1 saturated carbocycles. The molecule has 0 radical (unpaired) electrons. The molecular formula is C24H38N8. The van der Waals surface area contributed by atoms with Gasteiger partial charge < -0.3 is 27.0 Å². The third kappa shape index (κ3) is 6.32. The minimum atomic E-state index is 0.0979. The summed E-state index contributed by atoms with van der Waals surface area (Å²) < 4.78 is 0. The van der Waals surface area contributed by atoms with Crippen LogP contribution in [0.4, 0.5) is 23.5 Å². The summed E-state index contributed by atoms with van der Waals surface area (Å²) in [5, 5.41) is 6.83. The quantitative estimate of drug-likeness (QED) is 0.512. The van der Waals surface area contributed by atoms with Crippen molar-refractivity contribution in [1.82, 2.24) is 15.0 Å². The number of benzene rings is 1. The van der Waals surface area contributed by atoms with E-state index in [1.165, 1.54) is 6.42 Å². The molecule has 3 rings (SSSR count). The van der Waals surface area contributed by atoms with Crippen LogP contribution in [0.15, 0.2) is 24.8 Å². The summed E-state index contributed by atoms with van der Waals surface area (Å²) >= 11 is 0. The minimum Gasteiger partial charge on any atom is -0.399 e. The molecule has 0 spiro atoms. The summed E-state index contributed by atoms with van der Waals surface area (Å²) in [6.07, 6.45) is 4.36. The molecule has 174 valence electrons. The highest BCUT2D eigenvalue weighted by molar-refractivity contribution is 5.69. The molecular weight excluding hydrogens is 400 g/mol. The van der Waals surface area contributed by atoms with Gasteiger partial charge in [-0.1, -0.05) is 52.3 Å². The van der Waals surface area contributed by atoms with Crippen molar-refractivity contribution in [1.29, 1.82) is 0 Å². The molecule has 6 N–H and O–H groups in total. The maximum absolute atomic E-state index is 6.35. The van der Waals surface area contributed by atoms with Gasteiger partial charge in [-0.3, -0.25) is 0 Å². The smallest absolute Gasteiger partial charge is 0.233 e. The summed E-state index contributed by atoms with van der Waals surface area (Å²) in [4.78, 5) is 16.2. The van der Waals surface area contributed by atoms with Crippen LogP contribution >= 0.6 is 0 Å². The molecule has 1 heterocycles. The number of aryl methyl sites for hydroxylation is 1. The van der Waals surface area contributed by atoms with Crippen molar-refractivity contribution in [3.63, 3.8) is 0 Å². The molecule has 0 bridgehead atoms. The van der Waals surface area contributed by atoms with Crippen molar-refractivity contribution < 1.29 is 0 Å². The van der Waals surface area contributed by atoms with Crippen LogP contribution in [0.5, 0.6) is 0 Å². The first-order valence-corrected chi connectivity index (χ1v) is 11.3. The monoisotopic (exact) mass is 438 g/mol. The Hall–Kier alpha value is -2.87. The highest BCUT2D eigenvalue weighted by Gasteiger charge is 2.24. The van der Waals surface area contributed by atoms with Crippen LogP contribution in [-0.2, 0) is 0 Å². The number of rotatable bonds is 7. The number of nitrogens with one attached hydrogen (secondary N) is 2. The van der Waals surface area contributed by atoms with E-state index < -0.39 is 0 Å². The molecule has 2 atom stereocenters. The van der Waals surface area contributed by atoms with E-state index in [9.17, 15) is 0 Å². The van der Waals surface area contributed by atoms with Crippen molar-refractivity contribution >= 4 is 29.2 Å². The molecule has 8 nitrogen and oxygen atoms in total. The van der Waals surface area contributed by atoms with Gasteiger partial charge in [0.15, 0.2) is 0 Å². The zero-order valence-electron chi connectivity index (χ0n) is 20.1. The summed E-state index contributed by atoms with van der Waals surface area (Å²) in [6.45, 7) is 13.3. The fourth-order valence-electron chi connectivity index (χ4n) is 4.02. The molecule has 1 aromatic heterocycles. The first kappa shape index (κ1) is 23.8. The van der Waals surface area contributed by atoms with Crippen LogP contribution in [-0.4, -0.2) is 40.6 Å². The fraction of sp³-hybridized carbons (Fsp3) is 0.542. The number of nitrogens with zero attached hydrogens (tertiary/aromatic N) is 4. The van der Waals surface area contributed by atoms with Gasteiger partial charge in [-0.25, -0.2) is 0 Å². The normalized spacial score (nSPS) is 18.8. The number of anilines is 4. The summed E-state index contributed by atoms with van der Waals surface area (Å²) in [6, 6.07) is 6.18. The summed E-state index contributed by atoms with van der Waals surface area (Å²) in [7, 11) is 2.00. The largest absolute Gasteiger partial charge is 0.399 e. The predicted octanol–water partition coefficient (Wildman–Crippen LogP) is 4.02. The Morgan fingerprint density at radius 2 is 1.84 bits per heavy atom. The standard InChI is InChI=1S/C24H38N8/c1-15-11-12-17(16(2)25)13-20(15)28-22-29-21(27-19-10-8-7-9-18(19)26)30-23(31-22)32(6)14-24(3,4)5/h11-13,18-19H,2,7-10,14,25-26H2,1,3-6H3,(H2,27,28,29,30,31)/t18-,19+/m0/s1. The Labute approximate surface area is 191 Å². The van der Waals surface area contributed by atoms with Crippen molar-refractivity contribution in [2.75, 3.05) is 29.1 Å². The average molecular weight is 439 g/mol. The first-order chi connectivity index (χ1) is 15.0. The molecule has 0 amide bonds. The van der Waals surface area contributed by atoms with Gasteiger partial charge in [-0.15, -0.1) is 0 Å². The molecule has 0 unspecified atom stereocenters. The van der Waals surface area contributed by atoms with Gasteiger partial charge in [0.2, 0.25) is 17.8 Å². The third-order valence-electron chi connectivity index (χ3n) is 5.67. The molecule has 32 heavy (non-hydrogen) atoms. The van der Waals surface area contributed by atoms with E-state index in [2.05, 4.69) is 47.9 Å². The van der Waals surface area contributed by atoms with E-state index >= 15 is 0 Å². The molecule has 0 aliphatic heterocycles. The van der Waals surface area contributed by atoms with Crippen LogP contribution < -0.4 is 27.0 Å². The molecule has 0 saturated heterocycles. The Kier molecular flexibility index (Phi) is 7.23. The highest BCUT2D eigenvalue weighted by Crippen LogP contribution is 2.26. The van der Waals surface area contributed by atoms with Gasteiger partial charge in [-0.2, -0.15) is 15.0 Å². The van der Waals surface area contributed by atoms with E-state index in [4.69, 9.17) is 21.4 Å². The highest BCUT2D eigenvalue weighted by atomic mass is 15.3. The minimum absolute atomic E-state index is 0.0979. The SMILES string of the molecule is C=C(N)c1ccc(C)c(Nc2nc(N[C@@H]3CCCC[C@@H]3N)nc(N(C)CC(C)(C)C)n2)c1. The lowest BCUT2D eigenvalue weighted by atomic mass is 9.91. The van der Waals surface area contributed by atoms with Gasteiger partial charge in [-0.05, 0) is 42.4 Å². The zero-order chi connectivity index (χ0) is 23.5. The lowest BCUT2D eigenvalue weighted by Gasteiger charge is -2.30. The van der Waals surface area contributed by atoms with Crippen LogP contribution in [0.25, 0.3) is 5.70 Å². The topological polar surface area (TPSA) is 118 Å². The Morgan fingerprint density at radius 3 is 2.50 bits per heavy atom. The number of hydrogen-bond donors (Lipinski definition) is 4. The Balaban J connectivity index is 1.94. The third-order valence-corrected chi connectivity index (χ3v) is 5.67. The van der Waals surface area contributed by atoms with E-state index in [0.29, 0.717) is 23.5 Å². The van der Waals surface area contributed by atoms with Crippen molar-refractivity contribution in [2.45, 2.75) is 65.5 Å². The predicted molar refractivity (Wildman–Crippen MR) is 134 cm³/mol. The fourth-order valence-corrected chi connectivity index (χ4v) is 4.02. The first-order valence-electron chi connectivity index (χ1n) is 11.3. The number of hydrogen-bond acceptors (Lipinski definition) is 8. The number of aromatic nitrogens is 3. The van der Waals surface area contributed by atoms with Crippen molar-refractivity contribution in [2.24, 2.45) is 16.9 Å². The van der Waals surface area contributed by atoms with E-state index in [0.717, 1.165) is 42.6 Å². The van der Waals surface area contributed by atoms with E-state index in [1.54, 1.807) is 0 Å². The molecule has 1 aliphatic rings. The molecule has 2 aromatic rings. The van der Waals surface area contributed by atoms with Crippen LogP contribution in [0, 0.1) is 12.3 Å². The van der Waals surface area contributed by atoms with Crippen LogP contribution in [0.1, 0.15) is 57.6 Å². The van der Waals surface area contributed by atoms with Crippen LogP contribution in [0.3, 0.4) is 0 Å². The second-order valence-corrected chi connectivity index (χ2v) is 10.1. The molecule has 1 aromatic carbocycles. The maximum atomic E-state index is 6.35. The summed E-state index contributed by atoms with van der Waals surface area (Å²) in [5.74, 6) is 1.63. The molecule has 1 aliphatic carbocycles. The Bertz CT molecular complexity index is 950. The number of nitrogens with two attached hydrogens (primary N) is 2. The van der Waals surface area contributed by atoms with Gasteiger partial charge >= 0.3 is 0 Å². The lowest BCUT2D eigenvalue weighted by Crippen LogP contribution is -2.43. The zero-order valence-corrected chi connectivity index (χ0v) is 20.1. The van der Waals surface area contributed by atoms with Crippen molar-refractivity contribution in [3.8, 4) is 0 Å². The van der Waals surface area contributed by atoms with E-state index in [1.807, 2.05) is 32.2 Å². The van der Waals surface area contributed by atoms with Gasteiger partial charge in [0.05, 0.1) is 0 Å². The lowest BCUT2D eigenvalue weighted by molar-refractivity contribution is 0.402. The molecule has 8 heteroatoms. The van der Waals surface area contributed by atoms with Crippen molar-refractivity contribution in [3.05, 3.63) is 35.9 Å². The maximum Gasteiger partial charge on any atom is 0.233 e. The van der Waals surface area contributed by atoms with Crippen LogP contribution in [0.2, 0.25) is 0 Å². The van der Waals surface area contributed by atoms with Gasteiger partial charge in [0.25, 0.3) is 0 Å². The second-order valence-electron chi connectivity index (χ2n) is 10.1. The second kappa shape index (κ2) is 9.73. The van der Waals surface area contributed by atoms with Gasteiger partial charge in [0, 0.05) is 37.1 Å². The Morgan fingerprint density at radius 1 is 1.16 bits per heavy atom. The summed E-state index contributed by atoms with van der Waals surface area (Å²) in [5.41, 5.74) is 15.7. The van der Waals surface area contributed by atoms with E-state index in [-0.39, 0.29) is 17.5 Å². The van der Waals surface area contributed by atoms with Gasteiger partial charge in [0.1, 0.15) is 0 Å².